The molecule has 1 fully saturated rings. The van der Waals surface area contributed by atoms with Gasteiger partial charge in [0.25, 0.3) is 0 Å². The maximum Gasteiger partial charge on any atom is 0.223 e. The van der Waals surface area contributed by atoms with Gasteiger partial charge in [-0.25, -0.2) is 4.39 Å². The number of furan rings is 1. The van der Waals surface area contributed by atoms with Crippen molar-refractivity contribution in [1.82, 2.24) is 4.90 Å². The van der Waals surface area contributed by atoms with E-state index in [4.69, 9.17) is 4.42 Å². The molecule has 0 atom stereocenters. The zero-order chi connectivity index (χ0) is 14.7. The Bertz CT molecular complexity index is 605. The summed E-state index contributed by atoms with van der Waals surface area (Å²) in [5.41, 5.74) is 0.579. The maximum atomic E-state index is 13.8. The van der Waals surface area contributed by atoms with Crippen LogP contribution in [-0.2, 0) is 17.8 Å². The molecule has 0 unspecified atom stereocenters. The minimum Gasteiger partial charge on any atom is -0.469 e. The number of hydrogen-bond acceptors (Lipinski definition) is 2. The average Bonchev–Trinajstić information content (AvgIpc) is 3.19. The zero-order valence-electron chi connectivity index (χ0n) is 11.8. The minimum atomic E-state index is -0.248. The molecule has 3 rings (SSSR count). The summed E-state index contributed by atoms with van der Waals surface area (Å²) in [7, 11) is 0. The highest BCUT2D eigenvalue weighted by atomic mass is 19.1. The number of nitrogens with zero attached hydrogens (tertiary/aromatic N) is 1. The lowest BCUT2D eigenvalue weighted by Crippen LogP contribution is -2.33. The van der Waals surface area contributed by atoms with Crippen molar-refractivity contribution in [2.75, 3.05) is 0 Å². The van der Waals surface area contributed by atoms with Gasteiger partial charge in [0.15, 0.2) is 0 Å². The van der Waals surface area contributed by atoms with Gasteiger partial charge in [0, 0.05) is 31.0 Å². The summed E-state index contributed by atoms with van der Waals surface area (Å²) in [6.07, 6.45) is 4.63. The first-order valence-electron chi connectivity index (χ1n) is 7.29. The summed E-state index contributed by atoms with van der Waals surface area (Å²) in [6.45, 7) is 0.355. The average molecular weight is 287 g/mol. The molecule has 0 bridgehead atoms. The smallest absolute Gasteiger partial charge is 0.223 e. The molecule has 1 amide bonds. The highest BCUT2D eigenvalue weighted by Gasteiger charge is 2.32. The van der Waals surface area contributed by atoms with Gasteiger partial charge in [-0.1, -0.05) is 18.2 Å². The van der Waals surface area contributed by atoms with Crippen molar-refractivity contribution in [3.63, 3.8) is 0 Å². The maximum absolute atomic E-state index is 13.8. The van der Waals surface area contributed by atoms with Crippen LogP contribution in [0.3, 0.4) is 0 Å². The van der Waals surface area contributed by atoms with Gasteiger partial charge < -0.3 is 9.32 Å². The van der Waals surface area contributed by atoms with Crippen LogP contribution < -0.4 is 0 Å². The highest BCUT2D eigenvalue weighted by Crippen LogP contribution is 2.29. The topological polar surface area (TPSA) is 33.5 Å². The monoisotopic (exact) mass is 287 g/mol. The predicted molar refractivity (Wildman–Crippen MR) is 77.0 cm³/mol. The van der Waals surface area contributed by atoms with Crippen molar-refractivity contribution in [1.29, 1.82) is 0 Å². The SMILES string of the molecule is O=C(CCc1ccco1)N(Cc1ccccc1F)C1CC1. The fraction of sp³-hybridized carbons (Fsp3) is 0.353. The largest absolute Gasteiger partial charge is 0.469 e. The number of hydrogen-bond donors (Lipinski definition) is 0. The summed E-state index contributed by atoms with van der Waals surface area (Å²) in [5.74, 6) is 0.629. The van der Waals surface area contributed by atoms with Crippen LogP contribution in [0.2, 0.25) is 0 Å². The first kappa shape index (κ1) is 13.9. The number of carbonyl (C=O) groups is 1. The van der Waals surface area contributed by atoms with Crippen LogP contribution in [0.15, 0.2) is 47.1 Å². The van der Waals surface area contributed by atoms with Gasteiger partial charge in [-0.3, -0.25) is 4.79 Å². The van der Waals surface area contributed by atoms with Gasteiger partial charge in [0.05, 0.1) is 6.26 Å². The van der Waals surface area contributed by atoms with E-state index in [2.05, 4.69) is 0 Å². The van der Waals surface area contributed by atoms with Gasteiger partial charge in [0.2, 0.25) is 5.91 Å². The molecule has 110 valence electrons. The fourth-order valence-electron chi connectivity index (χ4n) is 2.45. The van der Waals surface area contributed by atoms with Crippen LogP contribution >= 0.6 is 0 Å². The van der Waals surface area contributed by atoms with Gasteiger partial charge in [0.1, 0.15) is 11.6 Å². The van der Waals surface area contributed by atoms with Crippen molar-refractivity contribution in [3.05, 3.63) is 59.8 Å². The van der Waals surface area contributed by atoms with Crippen molar-refractivity contribution in [3.8, 4) is 0 Å². The predicted octanol–water partition coefficient (Wildman–Crippen LogP) is 3.54. The molecule has 4 heteroatoms. The first-order valence-corrected chi connectivity index (χ1v) is 7.29. The van der Waals surface area contributed by atoms with E-state index in [1.807, 2.05) is 12.1 Å². The number of halogens is 1. The molecule has 21 heavy (non-hydrogen) atoms. The molecule has 1 saturated carbocycles. The quantitative estimate of drug-likeness (QED) is 0.814. The van der Waals surface area contributed by atoms with Crippen molar-refractivity contribution in [2.24, 2.45) is 0 Å². The van der Waals surface area contributed by atoms with E-state index in [0.717, 1.165) is 18.6 Å². The van der Waals surface area contributed by atoms with E-state index in [9.17, 15) is 9.18 Å². The van der Waals surface area contributed by atoms with Crippen LogP contribution in [0.4, 0.5) is 4.39 Å². The molecule has 0 N–H and O–H groups in total. The third kappa shape index (κ3) is 3.51. The van der Waals surface area contributed by atoms with Gasteiger partial charge in [-0.2, -0.15) is 0 Å². The molecule has 0 saturated heterocycles. The third-order valence-electron chi connectivity index (χ3n) is 3.77. The molecule has 1 aliphatic carbocycles. The number of benzene rings is 1. The molecular weight excluding hydrogens is 269 g/mol. The Balaban J connectivity index is 1.64. The van der Waals surface area contributed by atoms with Crippen LogP contribution in [0.1, 0.15) is 30.6 Å². The third-order valence-corrected chi connectivity index (χ3v) is 3.77. The van der Waals surface area contributed by atoms with E-state index >= 15 is 0 Å². The van der Waals surface area contributed by atoms with Gasteiger partial charge in [-0.15, -0.1) is 0 Å². The Kier molecular flexibility index (Phi) is 4.04. The Morgan fingerprint density at radius 2 is 2.05 bits per heavy atom. The fourth-order valence-corrected chi connectivity index (χ4v) is 2.45. The molecule has 0 spiro atoms. The summed E-state index contributed by atoms with van der Waals surface area (Å²) in [6, 6.07) is 10.6. The lowest BCUT2D eigenvalue weighted by atomic mass is 10.1. The number of carbonyl (C=O) groups excluding carboxylic acids is 1. The molecule has 1 heterocycles. The lowest BCUT2D eigenvalue weighted by Gasteiger charge is -2.22. The van der Waals surface area contributed by atoms with Crippen molar-refractivity contribution in [2.45, 2.75) is 38.3 Å². The van der Waals surface area contributed by atoms with E-state index in [-0.39, 0.29) is 17.8 Å². The van der Waals surface area contributed by atoms with Crippen LogP contribution in [-0.4, -0.2) is 16.8 Å². The molecule has 1 aliphatic rings. The van der Waals surface area contributed by atoms with Gasteiger partial charge in [-0.05, 0) is 31.0 Å². The number of amides is 1. The molecule has 0 aliphatic heterocycles. The van der Waals surface area contributed by atoms with Crippen LogP contribution in [0, 0.1) is 5.82 Å². The zero-order valence-corrected chi connectivity index (χ0v) is 11.8. The Morgan fingerprint density at radius 3 is 2.71 bits per heavy atom. The minimum absolute atomic E-state index is 0.0668. The molecule has 2 aromatic rings. The van der Waals surface area contributed by atoms with E-state index in [1.54, 1.807) is 29.4 Å². The standard InChI is InChI=1S/C17H18FNO2/c18-16-6-2-1-4-13(16)12-19(14-7-8-14)17(20)10-9-15-5-3-11-21-15/h1-6,11,14H,7-10,12H2. The van der Waals surface area contributed by atoms with Gasteiger partial charge >= 0.3 is 0 Å². The van der Waals surface area contributed by atoms with E-state index in [0.29, 0.717) is 24.9 Å². The number of aryl methyl sites for hydroxylation is 1. The number of rotatable bonds is 6. The molecular formula is C17H18FNO2. The van der Waals surface area contributed by atoms with Crippen LogP contribution in [0.25, 0.3) is 0 Å². The molecule has 3 nitrogen and oxygen atoms in total. The summed E-state index contributed by atoms with van der Waals surface area (Å²) < 4.78 is 19.0. The first-order chi connectivity index (χ1) is 10.2. The van der Waals surface area contributed by atoms with E-state index < -0.39 is 0 Å². The summed E-state index contributed by atoms with van der Waals surface area (Å²) in [5, 5.41) is 0. The van der Waals surface area contributed by atoms with Crippen molar-refractivity contribution >= 4 is 5.91 Å². The molecule has 1 aromatic carbocycles. The van der Waals surface area contributed by atoms with E-state index in [1.165, 1.54) is 6.07 Å². The molecule has 1 aromatic heterocycles. The summed E-state index contributed by atoms with van der Waals surface area (Å²) >= 11 is 0. The van der Waals surface area contributed by atoms with Crippen molar-refractivity contribution < 1.29 is 13.6 Å². The highest BCUT2D eigenvalue weighted by molar-refractivity contribution is 5.77. The second-order valence-electron chi connectivity index (χ2n) is 5.42. The van der Waals surface area contributed by atoms with Crippen LogP contribution in [0.5, 0.6) is 0 Å². The second-order valence-corrected chi connectivity index (χ2v) is 5.42. The Morgan fingerprint density at radius 1 is 1.24 bits per heavy atom. The second kappa shape index (κ2) is 6.12. The Labute approximate surface area is 123 Å². The molecule has 0 radical (unpaired) electrons. The Hall–Kier alpha value is -2.10. The normalized spacial score (nSPS) is 14.1. The lowest BCUT2D eigenvalue weighted by molar-refractivity contribution is -0.132. The summed E-state index contributed by atoms with van der Waals surface area (Å²) in [4.78, 5) is 14.2.